The second-order valence-corrected chi connectivity index (χ2v) is 8.71. The lowest BCUT2D eigenvalue weighted by Gasteiger charge is -2.34. The number of nitrogens with zero attached hydrogens (tertiary/aromatic N) is 2. The summed E-state index contributed by atoms with van der Waals surface area (Å²) < 4.78 is 39.2. The molecule has 1 heterocycles. The smallest absolute Gasteiger partial charge is 0.339 e. The van der Waals surface area contributed by atoms with E-state index >= 15 is 0 Å². The maximum Gasteiger partial charge on any atom is 0.418 e. The number of nitrogens with one attached hydrogen (secondary N) is 1. The molecular weight excluding hydrogens is 439 g/mol. The molecule has 0 unspecified atom stereocenters. The summed E-state index contributed by atoms with van der Waals surface area (Å²) in [6.07, 6.45) is -4.53. The van der Waals surface area contributed by atoms with Crippen molar-refractivity contribution >= 4 is 29.3 Å². The van der Waals surface area contributed by atoms with Crippen molar-refractivity contribution in [2.24, 2.45) is 0 Å². The fourth-order valence-electron chi connectivity index (χ4n) is 3.42. The lowest BCUT2D eigenvalue weighted by Crippen LogP contribution is -2.51. The number of amides is 2. The molecule has 1 aliphatic heterocycles. The first-order valence-electron chi connectivity index (χ1n) is 10.3. The van der Waals surface area contributed by atoms with Gasteiger partial charge in [0.25, 0.3) is 0 Å². The predicted molar refractivity (Wildman–Crippen MR) is 120 cm³/mol. The molecule has 2 amide bonds. The molecule has 32 heavy (non-hydrogen) atoms. The number of carbonyl (C=O) groups excluding carboxylic acids is 2. The molecule has 0 atom stereocenters. The zero-order valence-electron chi connectivity index (χ0n) is 17.8. The van der Waals surface area contributed by atoms with E-state index in [1.807, 2.05) is 11.8 Å². The first kappa shape index (κ1) is 24.1. The third kappa shape index (κ3) is 7.00. The van der Waals surface area contributed by atoms with Crippen LogP contribution in [0.25, 0.3) is 0 Å². The number of para-hydroxylation sites is 1. The van der Waals surface area contributed by atoms with E-state index in [0.717, 1.165) is 11.8 Å². The van der Waals surface area contributed by atoms with Gasteiger partial charge in [-0.2, -0.15) is 13.2 Å². The minimum Gasteiger partial charge on any atom is -0.339 e. The van der Waals surface area contributed by atoms with E-state index in [1.54, 1.807) is 16.7 Å². The quantitative estimate of drug-likeness (QED) is 0.671. The van der Waals surface area contributed by atoms with E-state index in [4.69, 9.17) is 0 Å². The van der Waals surface area contributed by atoms with Crippen molar-refractivity contribution in [3.63, 3.8) is 0 Å². The van der Waals surface area contributed by atoms with E-state index in [0.29, 0.717) is 31.9 Å². The van der Waals surface area contributed by atoms with Gasteiger partial charge in [0.05, 0.1) is 23.5 Å². The highest BCUT2D eigenvalue weighted by Crippen LogP contribution is 2.34. The third-order valence-electron chi connectivity index (χ3n) is 5.21. The highest BCUT2D eigenvalue weighted by Gasteiger charge is 2.33. The monoisotopic (exact) mass is 465 g/mol. The Balaban J connectivity index is 1.40. The number of anilines is 1. The number of benzene rings is 2. The van der Waals surface area contributed by atoms with Crippen LogP contribution in [0.4, 0.5) is 18.9 Å². The molecule has 2 aromatic rings. The molecular formula is C23H26F3N3O2S. The Morgan fingerprint density at radius 2 is 1.66 bits per heavy atom. The molecule has 3 rings (SSSR count). The maximum absolute atomic E-state index is 13.1. The number of hydrogen-bond donors (Lipinski definition) is 1. The van der Waals surface area contributed by atoms with E-state index < -0.39 is 17.6 Å². The number of aryl methyl sites for hydroxylation is 1. The van der Waals surface area contributed by atoms with Gasteiger partial charge in [-0.15, -0.1) is 11.8 Å². The van der Waals surface area contributed by atoms with Gasteiger partial charge in [0.2, 0.25) is 11.8 Å². The van der Waals surface area contributed by atoms with Crippen molar-refractivity contribution in [2.75, 3.05) is 43.8 Å². The fourth-order valence-corrected chi connectivity index (χ4v) is 4.31. The first-order valence-corrected chi connectivity index (χ1v) is 11.5. The third-order valence-corrected chi connectivity index (χ3v) is 6.20. The number of carbonyl (C=O) groups is 2. The molecule has 172 valence electrons. The normalized spacial score (nSPS) is 14.9. The zero-order chi connectivity index (χ0) is 23.1. The SMILES string of the molecule is Cc1ccc(CSCC(=O)N2CCN(CC(=O)Nc3ccccc3C(F)(F)F)CC2)cc1. The number of rotatable bonds is 7. The van der Waals surface area contributed by atoms with Crippen LogP contribution in [0.5, 0.6) is 0 Å². The van der Waals surface area contributed by atoms with Crippen LogP contribution >= 0.6 is 11.8 Å². The standard InChI is InChI=1S/C23H26F3N3O2S/c1-17-6-8-18(9-7-17)15-32-16-22(31)29-12-10-28(11-13-29)14-21(30)27-20-5-3-2-4-19(20)23(24,25)26/h2-9H,10-16H2,1H3,(H,27,30). The molecule has 1 fully saturated rings. The average Bonchev–Trinajstić information content (AvgIpc) is 2.75. The number of piperazine rings is 1. The molecule has 0 radical (unpaired) electrons. The topological polar surface area (TPSA) is 52.7 Å². The summed E-state index contributed by atoms with van der Waals surface area (Å²) in [4.78, 5) is 28.3. The van der Waals surface area contributed by atoms with Gasteiger partial charge in [0.15, 0.2) is 0 Å². The minimum atomic E-state index is -4.53. The van der Waals surface area contributed by atoms with Crippen LogP contribution in [0.1, 0.15) is 16.7 Å². The van der Waals surface area contributed by atoms with Crippen LogP contribution < -0.4 is 5.32 Å². The Kier molecular flexibility index (Phi) is 8.20. The van der Waals surface area contributed by atoms with Crippen LogP contribution in [-0.2, 0) is 21.5 Å². The largest absolute Gasteiger partial charge is 0.418 e. The highest BCUT2D eigenvalue weighted by molar-refractivity contribution is 7.99. The van der Waals surface area contributed by atoms with Crippen LogP contribution in [0.2, 0.25) is 0 Å². The van der Waals surface area contributed by atoms with Gasteiger partial charge in [-0.05, 0) is 24.6 Å². The van der Waals surface area contributed by atoms with Crippen molar-refractivity contribution < 1.29 is 22.8 Å². The molecule has 1 aliphatic rings. The first-order chi connectivity index (χ1) is 15.2. The molecule has 1 saturated heterocycles. The Morgan fingerprint density at radius 1 is 1.00 bits per heavy atom. The number of alkyl halides is 3. The molecule has 0 bridgehead atoms. The number of halogens is 3. The molecule has 2 aromatic carbocycles. The van der Waals surface area contributed by atoms with Crippen molar-refractivity contribution in [1.82, 2.24) is 9.80 Å². The molecule has 0 aliphatic carbocycles. The van der Waals surface area contributed by atoms with Gasteiger partial charge >= 0.3 is 6.18 Å². The van der Waals surface area contributed by atoms with Crippen molar-refractivity contribution in [1.29, 1.82) is 0 Å². The Morgan fingerprint density at radius 3 is 2.31 bits per heavy atom. The van der Waals surface area contributed by atoms with Crippen molar-refractivity contribution in [2.45, 2.75) is 18.9 Å². The van der Waals surface area contributed by atoms with Gasteiger partial charge in [-0.1, -0.05) is 42.0 Å². The van der Waals surface area contributed by atoms with E-state index in [9.17, 15) is 22.8 Å². The van der Waals surface area contributed by atoms with E-state index in [-0.39, 0.29) is 18.1 Å². The van der Waals surface area contributed by atoms with Gasteiger partial charge in [-0.3, -0.25) is 14.5 Å². The molecule has 9 heteroatoms. The van der Waals surface area contributed by atoms with Crippen LogP contribution in [-0.4, -0.2) is 60.1 Å². The molecule has 5 nitrogen and oxygen atoms in total. The molecule has 0 saturated carbocycles. The molecule has 1 N–H and O–H groups in total. The zero-order valence-corrected chi connectivity index (χ0v) is 18.6. The van der Waals surface area contributed by atoms with Crippen LogP contribution in [0, 0.1) is 6.92 Å². The Labute approximate surface area is 190 Å². The predicted octanol–water partition coefficient (Wildman–Crippen LogP) is 4.03. The summed E-state index contributed by atoms with van der Waals surface area (Å²) in [7, 11) is 0. The summed E-state index contributed by atoms with van der Waals surface area (Å²) in [5.74, 6) is 0.717. The second kappa shape index (κ2) is 10.9. The van der Waals surface area contributed by atoms with Crippen LogP contribution in [0.3, 0.4) is 0 Å². The summed E-state index contributed by atoms with van der Waals surface area (Å²) in [6.45, 7) is 4.01. The van der Waals surface area contributed by atoms with Crippen molar-refractivity contribution in [3.05, 3.63) is 65.2 Å². The summed E-state index contributed by atoms with van der Waals surface area (Å²) in [5.41, 5.74) is 1.26. The number of thioether (sulfide) groups is 1. The highest BCUT2D eigenvalue weighted by atomic mass is 32.2. The average molecular weight is 466 g/mol. The number of hydrogen-bond acceptors (Lipinski definition) is 4. The van der Waals surface area contributed by atoms with Gasteiger partial charge in [0, 0.05) is 31.9 Å². The van der Waals surface area contributed by atoms with E-state index in [1.165, 1.54) is 29.3 Å². The maximum atomic E-state index is 13.1. The summed E-state index contributed by atoms with van der Waals surface area (Å²) >= 11 is 1.57. The van der Waals surface area contributed by atoms with Gasteiger partial charge in [0.1, 0.15) is 0 Å². The second-order valence-electron chi connectivity index (χ2n) is 7.73. The fraction of sp³-hybridized carbons (Fsp3) is 0.391. The Bertz CT molecular complexity index is 927. The van der Waals surface area contributed by atoms with Gasteiger partial charge < -0.3 is 10.2 Å². The van der Waals surface area contributed by atoms with E-state index in [2.05, 4.69) is 29.6 Å². The lowest BCUT2D eigenvalue weighted by molar-refractivity contribution is -0.137. The van der Waals surface area contributed by atoms with Gasteiger partial charge in [-0.25, -0.2) is 0 Å². The van der Waals surface area contributed by atoms with Crippen LogP contribution in [0.15, 0.2) is 48.5 Å². The molecule has 0 spiro atoms. The molecule has 0 aromatic heterocycles. The summed E-state index contributed by atoms with van der Waals surface area (Å²) in [5, 5.41) is 2.36. The lowest BCUT2D eigenvalue weighted by atomic mass is 10.1. The van der Waals surface area contributed by atoms with Crippen molar-refractivity contribution in [3.8, 4) is 0 Å². The summed E-state index contributed by atoms with van der Waals surface area (Å²) in [6, 6.07) is 13.1. The Hall–Kier alpha value is -2.52. The minimum absolute atomic E-state index is 0.0175.